The largest absolute Gasteiger partial charge is 0.309 e. The Morgan fingerprint density at radius 2 is 1.67 bits per heavy atom. The standard InChI is InChI=1S/C16H16FN/c1-13(14-7-3-2-4-8-14)11-18-12-15-9-5-6-10-16(15)17/h2-10,18H,1,11-12H2. The van der Waals surface area contributed by atoms with Gasteiger partial charge in [-0.3, -0.25) is 0 Å². The summed E-state index contributed by atoms with van der Waals surface area (Å²) in [6, 6.07) is 16.8. The van der Waals surface area contributed by atoms with Crippen LogP contribution in [0.15, 0.2) is 61.2 Å². The van der Waals surface area contributed by atoms with Crippen LogP contribution in [0, 0.1) is 5.82 Å². The molecule has 1 N–H and O–H groups in total. The van der Waals surface area contributed by atoms with Crippen molar-refractivity contribution in [2.75, 3.05) is 6.54 Å². The maximum atomic E-state index is 13.4. The molecule has 0 heterocycles. The molecule has 0 aliphatic rings. The number of hydrogen-bond donors (Lipinski definition) is 1. The highest BCUT2D eigenvalue weighted by Gasteiger charge is 2.01. The van der Waals surface area contributed by atoms with Gasteiger partial charge in [0.05, 0.1) is 0 Å². The maximum Gasteiger partial charge on any atom is 0.127 e. The summed E-state index contributed by atoms with van der Waals surface area (Å²) in [6.07, 6.45) is 0. The van der Waals surface area contributed by atoms with Crippen LogP contribution < -0.4 is 5.32 Å². The summed E-state index contributed by atoms with van der Waals surface area (Å²) in [5.74, 6) is -0.171. The Bertz CT molecular complexity index is 520. The van der Waals surface area contributed by atoms with E-state index in [2.05, 4.69) is 11.9 Å². The number of halogens is 1. The Morgan fingerprint density at radius 1 is 1.00 bits per heavy atom. The Labute approximate surface area is 107 Å². The Balaban J connectivity index is 1.86. The van der Waals surface area contributed by atoms with E-state index < -0.39 is 0 Å². The van der Waals surface area contributed by atoms with Gasteiger partial charge < -0.3 is 5.32 Å². The van der Waals surface area contributed by atoms with Crippen molar-refractivity contribution >= 4 is 5.57 Å². The third kappa shape index (κ3) is 3.28. The predicted molar refractivity (Wildman–Crippen MR) is 73.6 cm³/mol. The quantitative estimate of drug-likeness (QED) is 0.843. The summed E-state index contributed by atoms with van der Waals surface area (Å²) in [5, 5.41) is 3.20. The average Bonchev–Trinajstić information content (AvgIpc) is 2.42. The van der Waals surface area contributed by atoms with Crippen molar-refractivity contribution in [2.24, 2.45) is 0 Å². The highest BCUT2D eigenvalue weighted by atomic mass is 19.1. The summed E-state index contributed by atoms with van der Waals surface area (Å²) >= 11 is 0. The monoisotopic (exact) mass is 241 g/mol. The molecule has 0 amide bonds. The zero-order valence-electron chi connectivity index (χ0n) is 10.2. The van der Waals surface area contributed by atoms with Crippen LogP contribution >= 0.6 is 0 Å². The summed E-state index contributed by atoms with van der Waals surface area (Å²) in [4.78, 5) is 0. The smallest absolute Gasteiger partial charge is 0.127 e. The molecule has 0 aromatic heterocycles. The van der Waals surface area contributed by atoms with Crippen LogP contribution in [0.1, 0.15) is 11.1 Å². The van der Waals surface area contributed by atoms with E-state index in [9.17, 15) is 4.39 Å². The Hall–Kier alpha value is -1.93. The van der Waals surface area contributed by atoms with Crippen molar-refractivity contribution in [3.05, 3.63) is 78.1 Å². The van der Waals surface area contributed by atoms with Crippen molar-refractivity contribution in [3.8, 4) is 0 Å². The molecular weight excluding hydrogens is 225 g/mol. The molecular formula is C16H16FN. The number of rotatable bonds is 5. The lowest BCUT2D eigenvalue weighted by Gasteiger charge is -2.08. The van der Waals surface area contributed by atoms with Gasteiger partial charge in [-0.2, -0.15) is 0 Å². The van der Waals surface area contributed by atoms with E-state index in [4.69, 9.17) is 0 Å². The summed E-state index contributed by atoms with van der Waals surface area (Å²) in [7, 11) is 0. The van der Waals surface area contributed by atoms with E-state index in [-0.39, 0.29) is 5.82 Å². The van der Waals surface area contributed by atoms with E-state index in [0.717, 1.165) is 11.1 Å². The van der Waals surface area contributed by atoms with Gasteiger partial charge in [-0.15, -0.1) is 0 Å². The van der Waals surface area contributed by atoms with Crippen molar-refractivity contribution in [2.45, 2.75) is 6.54 Å². The molecule has 2 heteroatoms. The zero-order valence-corrected chi connectivity index (χ0v) is 10.2. The molecule has 2 aromatic rings. The average molecular weight is 241 g/mol. The van der Waals surface area contributed by atoms with Gasteiger partial charge in [-0.05, 0) is 17.2 Å². The van der Waals surface area contributed by atoms with Crippen molar-refractivity contribution in [1.29, 1.82) is 0 Å². The molecule has 0 unspecified atom stereocenters. The first kappa shape index (κ1) is 12.5. The summed E-state index contributed by atoms with van der Waals surface area (Å²) in [5.41, 5.74) is 2.80. The SMILES string of the molecule is C=C(CNCc1ccccc1F)c1ccccc1. The van der Waals surface area contributed by atoms with Crippen molar-refractivity contribution in [3.63, 3.8) is 0 Å². The lowest BCUT2D eigenvalue weighted by molar-refractivity contribution is 0.597. The molecule has 0 radical (unpaired) electrons. The molecule has 0 atom stereocenters. The van der Waals surface area contributed by atoms with E-state index in [0.29, 0.717) is 18.7 Å². The van der Waals surface area contributed by atoms with Gasteiger partial charge in [0.15, 0.2) is 0 Å². The number of benzene rings is 2. The second-order valence-electron chi connectivity index (χ2n) is 4.16. The molecule has 0 fully saturated rings. The van der Waals surface area contributed by atoms with Gasteiger partial charge in [0.2, 0.25) is 0 Å². The fraction of sp³-hybridized carbons (Fsp3) is 0.125. The van der Waals surface area contributed by atoms with Crippen LogP contribution in [0.25, 0.3) is 5.57 Å². The van der Waals surface area contributed by atoms with Gasteiger partial charge in [0.25, 0.3) is 0 Å². The predicted octanol–water partition coefficient (Wildman–Crippen LogP) is 3.63. The zero-order chi connectivity index (χ0) is 12.8. The van der Waals surface area contributed by atoms with Gasteiger partial charge in [-0.1, -0.05) is 55.1 Å². The van der Waals surface area contributed by atoms with Crippen LogP contribution in [-0.4, -0.2) is 6.54 Å². The fourth-order valence-electron chi connectivity index (χ4n) is 1.77. The van der Waals surface area contributed by atoms with Gasteiger partial charge in [-0.25, -0.2) is 4.39 Å². The topological polar surface area (TPSA) is 12.0 Å². The second-order valence-corrected chi connectivity index (χ2v) is 4.16. The van der Waals surface area contributed by atoms with Crippen LogP contribution in [-0.2, 0) is 6.54 Å². The number of hydrogen-bond acceptors (Lipinski definition) is 1. The normalized spacial score (nSPS) is 10.3. The minimum absolute atomic E-state index is 0.171. The van der Waals surface area contributed by atoms with Gasteiger partial charge in [0.1, 0.15) is 5.82 Å². The molecule has 0 saturated carbocycles. The van der Waals surface area contributed by atoms with E-state index in [1.54, 1.807) is 12.1 Å². The first-order chi connectivity index (χ1) is 8.77. The third-order valence-corrected chi connectivity index (χ3v) is 2.79. The van der Waals surface area contributed by atoms with Crippen LogP contribution in [0.5, 0.6) is 0 Å². The van der Waals surface area contributed by atoms with Crippen LogP contribution in [0.3, 0.4) is 0 Å². The Kier molecular flexibility index (Phi) is 4.26. The minimum Gasteiger partial charge on any atom is -0.309 e. The fourth-order valence-corrected chi connectivity index (χ4v) is 1.77. The van der Waals surface area contributed by atoms with E-state index >= 15 is 0 Å². The summed E-state index contributed by atoms with van der Waals surface area (Å²) < 4.78 is 13.4. The first-order valence-electron chi connectivity index (χ1n) is 5.94. The second kappa shape index (κ2) is 6.12. The molecule has 0 spiro atoms. The first-order valence-corrected chi connectivity index (χ1v) is 5.94. The van der Waals surface area contributed by atoms with Gasteiger partial charge in [0, 0.05) is 18.7 Å². The van der Waals surface area contributed by atoms with Crippen LogP contribution in [0.2, 0.25) is 0 Å². The van der Waals surface area contributed by atoms with Gasteiger partial charge >= 0.3 is 0 Å². The molecule has 0 aliphatic heterocycles. The van der Waals surface area contributed by atoms with Crippen molar-refractivity contribution in [1.82, 2.24) is 5.32 Å². The highest BCUT2D eigenvalue weighted by molar-refractivity contribution is 5.64. The molecule has 18 heavy (non-hydrogen) atoms. The van der Waals surface area contributed by atoms with Crippen molar-refractivity contribution < 1.29 is 4.39 Å². The van der Waals surface area contributed by atoms with E-state index in [1.165, 1.54) is 6.07 Å². The maximum absolute atomic E-state index is 13.4. The molecule has 92 valence electrons. The van der Waals surface area contributed by atoms with E-state index in [1.807, 2.05) is 36.4 Å². The Morgan fingerprint density at radius 3 is 2.39 bits per heavy atom. The lowest BCUT2D eigenvalue weighted by atomic mass is 10.1. The molecule has 2 rings (SSSR count). The summed E-state index contributed by atoms with van der Waals surface area (Å²) in [6.45, 7) is 5.19. The number of nitrogens with one attached hydrogen (secondary N) is 1. The van der Waals surface area contributed by atoms with Crippen LogP contribution in [0.4, 0.5) is 4.39 Å². The third-order valence-electron chi connectivity index (χ3n) is 2.79. The molecule has 1 nitrogen and oxygen atoms in total. The molecule has 2 aromatic carbocycles. The highest BCUT2D eigenvalue weighted by Crippen LogP contribution is 2.11. The minimum atomic E-state index is -0.171. The molecule has 0 saturated heterocycles. The molecule has 0 bridgehead atoms. The lowest BCUT2D eigenvalue weighted by Crippen LogP contribution is -2.16. The molecule has 0 aliphatic carbocycles.